The molecule has 0 aromatic rings. The summed E-state index contributed by atoms with van der Waals surface area (Å²) in [6.07, 6.45) is -3.30. The molecule has 5 atom stereocenters. The van der Waals surface area contributed by atoms with Gasteiger partial charge in [0.05, 0.1) is 0 Å². The zero-order chi connectivity index (χ0) is 16.0. The minimum Gasteiger partial charge on any atom is -0.353 e. The van der Waals surface area contributed by atoms with Gasteiger partial charge in [0.15, 0.2) is 5.54 Å². The number of amides is 2. The van der Waals surface area contributed by atoms with Gasteiger partial charge in [-0.3, -0.25) is 9.59 Å². The molecule has 0 unspecified atom stereocenters. The molecule has 0 aromatic carbocycles. The van der Waals surface area contributed by atoms with Crippen molar-refractivity contribution >= 4 is 11.8 Å². The predicted octanol–water partition coefficient (Wildman–Crippen LogP) is 1.85. The van der Waals surface area contributed by atoms with Gasteiger partial charge in [-0.15, -0.1) is 0 Å². The highest BCUT2D eigenvalue weighted by molar-refractivity contribution is 5.83. The fourth-order valence-electron chi connectivity index (χ4n) is 2.35. The number of hydrogen-bond acceptors (Lipinski definition) is 2. The Bertz CT molecular complexity index is 452. The van der Waals surface area contributed by atoms with E-state index in [9.17, 15) is 22.8 Å². The fraction of sp³-hybridized carbons (Fsp3) is 0.857. The van der Waals surface area contributed by atoms with Gasteiger partial charge >= 0.3 is 6.18 Å². The Morgan fingerprint density at radius 2 is 1.48 bits per heavy atom. The highest BCUT2D eigenvalue weighted by Gasteiger charge is 2.54. The van der Waals surface area contributed by atoms with Crippen LogP contribution in [-0.2, 0) is 9.59 Å². The van der Waals surface area contributed by atoms with Crippen molar-refractivity contribution in [2.45, 2.75) is 45.3 Å². The first-order valence-corrected chi connectivity index (χ1v) is 7.21. The summed E-state index contributed by atoms with van der Waals surface area (Å²) in [4.78, 5) is 23.5. The Morgan fingerprint density at radius 1 is 1.05 bits per heavy atom. The zero-order valence-corrected chi connectivity index (χ0v) is 12.4. The summed E-state index contributed by atoms with van der Waals surface area (Å²) >= 11 is 0. The highest BCUT2D eigenvalue weighted by atomic mass is 19.4. The fourth-order valence-corrected chi connectivity index (χ4v) is 2.35. The van der Waals surface area contributed by atoms with Crippen LogP contribution < -0.4 is 10.6 Å². The Labute approximate surface area is 121 Å². The molecule has 0 heterocycles. The lowest BCUT2D eigenvalue weighted by atomic mass is 10.0. The van der Waals surface area contributed by atoms with E-state index in [4.69, 9.17) is 0 Å². The average Bonchev–Trinajstić information content (AvgIpc) is 3.23. The smallest absolute Gasteiger partial charge is 0.353 e. The monoisotopic (exact) mass is 306 g/mol. The van der Waals surface area contributed by atoms with E-state index in [1.165, 1.54) is 0 Å². The van der Waals surface area contributed by atoms with Gasteiger partial charge in [0, 0.05) is 18.4 Å². The predicted molar refractivity (Wildman–Crippen MR) is 70.2 cm³/mol. The highest BCUT2D eigenvalue weighted by Crippen LogP contribution is 2.40. The standard InChI is InChI=1S/C14H21F3N2O2/c1-7-4-9(7)11(20)18-6-13(3,14(15,16)17)19-12(21)10-5-8(10)2/h7-10H,4-6H2,1-3H3,(H,18,20)(H,19,21)/t7-,8-,9+,10-,13+/m1/s1. The molecule has 0 bridgehead atoms. The average molecular weight is 306 g/mol. The van der Waals surface area contributed by atoms with Crippen LogP contribution in [-0.4, -0.2) is 30.1 Å². The summed E-state index contributed by atoms with van der Waals surface area (Å²) in [5, 5.41) is 4.40. The second-order valence-corrected chi connectivity index (χ2v) is 6.68. The number of nitrogens with one attached hydrogen (secondary N) is 2. The van der Waals surface area contributed by atoms with E-state index in [-0.39, 0.29) is 29.6 Å². The maximum Gasteiger partial charge on any atom is 0.412 e. The summed E-state index contributed by atoms with van der Waals surface area (Å²) < 4.78 is 39.7. The summed E-state index contributed by atoms with van der Waals surface area (Å²) in [5.74, 6) is -1.13. The Kier molecular flexibility index (Phi) is 3.97. The van der Waals surface area contributed by atoms with Crippen molar-refractivity contribution in [3.05, 3.63) is 0 Å². The summed E-state index contributed by atoms with van der Waals surface area (Å²) in [6.45, 7) is 3.98. The van der Waals surface area contributed by atoms with Gasteiger partial charge in [-0.05, 0) is 31.6 Å². The first kappa shape index (κ1) is 16.1. The van der Waals surface area contributed by atoms with E-state index in [1.807, 2.05) is 13.8 Å². The van der Waals surface area contributed by atoms with Crippen LogP contribution in [0.5, 0.6) is 0 Å². The molecule has 0 aromatic heterocycles. The third-order valence-corrected chi connectivity index (χ3v) is 4.53. The number of carbonyl (C=O) groups is 2. The molecule has 2 fully saturated rings. The number of rotatable bonds is 5. The topological polar surface area (TPSA) is 58.2 Å². The Balaban J connectivity index is 1.96. The number of carbonyl (C=O) groups excluding carboxylic acids is 2. The molecule has 2 amide bonds. The van der Waals surface area contributed by atoms with Crippen LogP contribution in [0.4, 0.5) is 13.2 Å². The van der Waals surface area contributed by atoms with Crippen LogP contribution in [0.3, 0.4) is 0 Å². The van der Waals surface area contributed by atoms with Crippen LogP contribution in [0, 0.1) is 23.7 Å². The van der Waals surface area contributed by atoms with E-state index >= 15 is 0 Å². The van der Waals surface area contributed by atoms with Crippen LogP contribution in [0.15, 0.2) is 0 Å². The Morgan fingerprint density at radius 3 is 1.86 bits per heavy atom. The van der Waals surface area contributed by atoms with Crippen molar-refractivity contribution in [2.75, 3.05) is 6.54 Å². The first-order valence-electron chi connectivity index (χ1n) is 7.21. The van der Waals surface area contributed by atoms with Crippen molar-refractivity contribution in [3.63, 3.8) is 0 Å². The van der Waals surface area contributed by atoms with Crippen molar-refractivity contribution < 1.29 is 22.8 Å². The lowest BCUT2D eigenvalue weighted by Crippen LogP contribution is -2.62. The normalized spacial score (nSPS) is 33.8. The van der Waals surface area contributed by atoms with Gasteiger partial charge in [0.25, 0.3) is 0 Å². The molecule has 2 aliphatic carbocycles. The van der Waals surface area contributed by atoms with Crippen molar-refractivity contribution in [1.82, 2.24) is 10.6 Å². The molecule has 0 spiro atoms. The summed E-state index contributed by atoms with van der Waals surface area (Å²) in [5.41, 5.74) is -2.43. The molecule has 7 heteroatoms. The molecule has 2 N–H and O–H groups in total. The van der Waals surface area contributed by atoms with E-state index < -0.39 is 24.2 Å². The van der Waals surface area contributed by atoms with Gasteiger partial charge in [0.1, 0.15) is 0 Å². The minimum absolute atomic E-state index is 0.129. The molecule has 0 radical (unpaired) electrons. The first-order chi connectivity index (χ1) is 9.55. The minimum atomic E-state index is -4.62. The summed E-state index contributed by atoms with van der Waals surface area (Å²) in [7, 11) is 0. The molecule has 0 saturated heterocycles. The second kappa shape index (κ2) is 5.18. The van der Waals surface area contributed by atoms with E-state index in [0.717, 1.165) is 6.92 Å². The third-order valence-electron chi connectivity index (χ3n) is 4.53. The van der Waals surface area contributed by atoms with Gasteiger partial charge in [-0.25, -0.2) is 0 Å². The SMILES string of the molecule is C[C@@H]1C[C@@H]1C(=O)NC[C@](C)(NC(=O)[C@@H]1C[C@H]1C)C(F)(F)F. The lowest BCUT2D eigenvalue weighted by Gasteiger charge is -2.33. The number of alkyl halides is 3. The van der Waals surface area contributed by atoms with Crippen LogP contribution in [0.2, 0.25) is 0 Å². The van der Waals surface area contributed by atoms with Gasteiger partial charge in [-0.1, -0.05) is 13.8 Å². The molecule has 120 valence electrons. The maximum absolute atomic E-state index is 13.2. The maximum atomic E-state index is 13.2. The summed E-state index contributed by atoms with van der Waals surface area (Å²) in [6, 6.07) is 0. The number of hydrogen-bond donors (Lipinski definition) is 2. The van der Waals surface area contributed by atoms with Gasteiger partial charge in [-0.2, -0.15) is 13.2 Å². The molecule has 21 heavy (non-hydrogen) atoms. The molecule has 2 aliphatic rings. The lowest BCUT2D eigenvalue weighted by molar-refractivity contribution is -0.192. The molecule has 4 nitrogen and oxygen atoms in total. The van der Waals surface area contributed by atoms with Crippen molar-refractivity contribution in [2.24, 2.45) is 23.7 Å². The quantitative estimate of drug-likeness (QED) is 0.814. The Hall–Kier alpha value is -1.27. The second-order valence-electron chi connectivity index (χ2n) is 6.68. The van der Waals surface area contributed by atoms with E-state index in [2.05, 4.69) is 10.6 Å². The third kappa shape index (κ3) is 3.49. The largest absolute Gasteiger partial charge is 0.412 e. The molecular formula is C14H21F3N2O2. The molecular weight excluding hydrogens is 285 g/mol. The molecule has 2 saturated carbocycles. The van der Waals surface area contributed by atoms with Crippen molar-refractivity contribution in [1.29, 1.82) is 0 Å². The van der Waals surface area contributed by atoms with Crippen LogP contribution in [0.1, 0.15) is 33.6 Å². The van der Waals surface area contributed by atoms with Crippen LogP contribution in [0.25, 0.3) is 0 Å². The number of halogens is 3. The molecule has 0 aliphatic heterocycles. The molecule has 2 rings (SSSR count). The van der Waals surface area contributed by atoms with E-state index in [1.54, 1.807) is 0 Å². The van der Waals surface area contributed by atoms with Crippen LogP contribution >= 0.6 is 0 Å². The van der Waals surface area contributed by atoms with Gasteiger partial charge < -0.3 is 10.6 Å². The van der Waals surface area contributed by atoms with Gasteiger partial charge in [0.2, 0.25) is 11.8 Å². The zero-order valence-electron chi connectivity index (χ0n) is 12.4. The van der Waals surface area contributed by atoms with E-state index in [0.29, 0.717) is 12.8 Å². The van der Waals surface area contributed by atoms with Crippen molar-refractivity contribution in [3.8, 4) is 0 Å².